The number of fused-ring (bicyclic) bond motifs is 1. The molecule has 0 aromatic heterocycles. The van der Waals surface area contributed by atoms with E-state index in [9.17, 15) is 4.79 Å². The molecule has 1 heterocycles. The fourth-order valence-corrected chi connectivity index (χ4v) is 1.33. The predicted octanol–water partition coefficient (Wildman–Crippen LogP) is 0.633. The van der Waals surface area contributed by atoms with Gasteiger partial charge in [0.25, 0.3) is 0 Å². The van der Waals surface area contributed by atoms with Gasteiger partial charge in [-0.2, -0.15) is 0 Å². The summed E-state index contributed by atoms with van der Waals surface area (Å²) in [4.78, 5) is 11.2. The lowest BCUT2D eigenvalue weighted by molar-refractivity contribution is 0.0961. The molecule has 1 aliphatic rings. The van der Waals surface area contributed by atoms with Gasteiger partial charge in [0.05, 0.1) is 12.2 Å². The molecule has 0 saturated heterocycles. The highest BCUT2D eigenvalue weighted by molar-refractivity contribution is 6.02. The summed E-state index contributed by atoms with van der Waals surface area (Å²) in [6.45, 7) is 0.322. The number of hydrogen-bond donors (Lipinski definition) is 1. The quantitative estimate of drug-likeness (QED) is 0.766. The molecule has 0 spiro atoms. The van der Waals surface area contributed by atoms with E-state index in [-0.39, 0.29) is 25.6 Å². The number of aliphatic hydroxyl groups is 1. The first kappa shape index (κ1) is 9.02. The average molecular weight is 194 g/mol. The molecule has 4 heteroatoms. The molecule has 1 aliphatic heterocycles. The second-order valence-corrected chi connectivity index (χ2v) is 2.94. The molecule has 0 radical (unpaired) electrons. The van der Waals surface area contributed by atoms with Crippen LogP contribution in [-0.2, 0) is 0 Å². The largest absolute Gasteiger partial charge is 0.491 e. The molecule has 1 aromatic carbocycles. The van der Waals surface area contributed by atoms with Crippen LogP contribution in [0.4, 0.5) is 0 Å². The van der Waals surface area contributed by atoms with E-state index >= 15 is 0 Å². The van der Waals surface area contributed by atoms with Gasteiger partial charge in [-0.05, 0) is 12.1 Å². The number of rotatable bonds is 3. The zero-order chi connectivity index (χ0) is 9.97. The van der Waals surface area contributed by atoms with Gasteiger partial charge in [-0.1, -0.05) is 0 Å². The van der Waals surface area contributed by atoms with Crippen LogP contribution in [0.25, 0.3) is 0 Å². The van der Waals surface area contributed by atoms with Crippen molar-refractivity contribution in [3.63, 3.8) is 0 Å². The first-order valence-corrected chi connectivity index (χ1v) is 4.35. The van der Waals surface area contributed by atoms with Crippen molar-refractivity contribution in [1.29, 1.82) is 0 Å². The molecule has 0 bridgehead atoms. The molecule has 2 rings (SSSR count). The molecule has 0 atom stereocenters. The molecule has 0 aliphatic carbocycles. The van der Waals surface area contributed by atoms with Crippen LogP contribution in [0.5, 0.6) is 11.5 Å². The van der Waals surface area contributed by atoms with Crippen LogP contribution in [0.1, 0.15) is 10.4 Å². The minimum absolute atomic E-state index is 0.00583. The van der Waals surface area contributed by atoms with Crippen LogP contribution in [-0.4, -0.2) is 30.7 Å². The molecule has 14 heavy (non-hydrogen) atoms. The van der Waals surface area contributed by atoms with E-state index in [4.69, 9.17) is 14.6 Å². The van der Waals surface area contributed by atoms with Crippen LogP contribution >= 0.6 is 0 Å². The molecule has 0 unspecified atom stereocenters. The SMILES string of the molecule is O=C1COc2cc(OCCO)ccc21. The van der Waals surface area contributed by atoms with Gasteiger partial charge in [-0.3, -0.25) is 4.79 Å². The Bertz CT molecular complexity index is 359. The average Bonchev–Trinajstić information content (AvgIpc) is 2.57. The van der Waals surface area contributed by atoms with Gasteiger partial charge in [-0.15, -0.1) is 0 Å². The number of hydrogen-bond acceptors (Lipinski definition) is 4. The highest BCUT2D eigenvalue weighted by Crippen LogP contribution is 2.29. The number of Topliss-reactive ketones (excluding diaryl/α,β-unsaturated/α-hetero) is 1. The second-order valence-electron chi connectivity index (χ2n) is 2.94. The monoisotopic (exact) mass is 194 g/mol. The van der Waals surface area contributed by atoms with E-state index in [0.29, 0.717) is 17.1 Å². The number of aliphatic hydroxyl groups excluding tert-OH is 1. The zero-order valence-electron chi connectivity index (χ0n) is 7.53. The summed E-state index contributed by atoms with van der Waals surface area (Å²) in [6, 6.07) is 5.04. The maximum atomic E-state index is 11.2. The van der Waals surface area contributed by atoms with Crippen molar-refractivity contribution in [2.45, 2.75) is 0 Å². The fourth-order valence-electron chi connectivity index (χ4n) is 1.33. The Morgan fingerprint density at radius 2 is 2.36 bits per heavy atom. The van der Waals surface area contributed by atoms with Crippen molar-refractivity contribution >= 4 is 5.78 Å². The van der Waals surface area contributed by atoms with Crippen LogP contribution < -0.4 is 9.47 Å². The van der Waals surface area contributed by atoms with Gasteiger partial charge < -0.3 is 14.6 Å². The van der Waals surface area contributed by atoms with Crippen molar-refractivity contribution in [1.82, 2.24) is 0 Å². The van der Waals surface area contributed by atoms with Crippen molar-refractivity contribution in [2.24, 2.45) is 0 Å². The van der Waals surface area contributed by atoms with Crippen molar-refractivity contribution < 1.29 is 19.4 Å². The number of carbonyl (C=O) groups excluding carboxylic acids is 1. The molecule has 0 amide bonds. The lowest BCUT2D eigenvalue weighted by Gasteiger charge is -2.04. The maximum Gasteiger partial charge on any atom is 0.203 e. The van der Waals surface area contributed by atoms with E-state index in [1.807, 2.05) is 0 Å². The summed E-state index contributed by atoms with van der Waals surface area (Å²) in [5, 5.41) is 8.55. The molecule has 0 saturated carbocycles. The molecule has 74 valence electrons. The van der Waals surface area contributed by atoms with Gasteiger partial charge >= 0.3 is 0 Å². The molecule has 4 nitrogen and oxygen atoms in total. The lowest BCUT2D eigenvalue weighted by atomic mass is 10.1. The van der Waals surface area contributed by atoms with Crippen molar-refractivity contribution in [2.75, 3.05) is 19.8 Å². The highest BCUT2D eigenvalue weighted by atomic mass is 16.5. The summed E-state index contributed by atoms with van der Waals surface area (Å²) < 4.78 is 10.3. The molecular weight excluding hydrogens is 184 g/mol. The van der Waals surface area contributed by atoms with Gasteiger partial charge in [0, 0.05) is 6.07 Å². The summed E-state index contributed by atoms with van der Waals surface area (Å²) in [5.74, 6) is 1.16. The van der Waals surface area contributed by atoms with Crippen molar-refractivity contribution in [3.05, 3.63) is 23.8 Å². The number of benzene rings is 1. The van der Waals surface area contributed by atoms with Gasteiger partial charge in [0.2, 0.25) is 5.78 Å². The third-order valence-corrected chi connectivity index (χ3v) is 1.97. The Labute approximate surface area is 81.1 Å². The fraction of sp³-hybridized carbons (Fsp3) is 0.300. The van der Waals surface area contributed by atoms with E-state index in [2.05, 4.69) is 0 Å². The molecule has 1 aromatic rings. The smallest absolute Gasteiger partial charge is 0.203 e. The minimum Gasteiger partial charge on any atom is -0.491 e. The van der Waals surface area contributed by atoms with E-state index in [0.717, 1.165) is 0 Å². The van der Waals surface area contributed by atoms with Gasteiger partial charge in [0.1, 0.15) is 18.1 Å². The van der Waals surface area contributed by atoms with Crippen LogP contribution in [0.2, 0.25) is 0 Å². The predicted molar refractivity (Wildman–Crippen MR) is 48.8 cm³/mol. The Balaban J connectivity index is 2.19. The summed E-state index contributed by atoms with van der Waals surface area (Å²) in [7, 11) is 0. The Morgan fingerprint density at radius 3 is 3.14 bits per heavy atom. The summed E-state index contributed by atoms with van der Waals surface area (Å²) in [6.07, 6.45) is 0. The summed E-state index contributed by atoms with van der Waals surface area (Å²) in [5.41, 5.74) is 0.598. The Kier molecular flexibility index (Phi) is 2.37. The van der Waals surface area contributed by atoms with Crippen LogP contribution in [0.15, 0.2) is 18.2 Å². The number of ether oxygens (including phenoxy) is 2. The van der Waals surface area contributed by atoms with E-state index in [1.54, 1.807) is 18.2 Å². The number of ketones is 1. The highest BCUT2D eigenvalue weighted by Gasteiger charge is 2.21. The third-order valence-electron chi connectivity index (χ3n) is 1.97. The minimum atomic E-state index is -0.0309. The van der Waals surface area contributed by atoms with E-state index in [1.165, 1.54) is 0 Å². The summed E-state index contributed by atoms with van der Waals surface area (Å²) >= 11 is 0. The van der Waals surface area contributed by atoms with Crippen molar-refractivity contribution in [3.8, 4) is 11.5 Å². The lowest BCUT2D eigenvalue weighted by Crippen LogP contribution is -2.01. The zero-order valence-corrected chi connectivity index (χ0v) is 7.53. The standard InChI is InChI=1S/C10H10O4/c11-3-4-13-7-1-2-8-9(12)6-14-10(8)5-7/h1-2,5,11H,3-4,6H2. The second kappa shape index (κ2) is 3.67. The number of carbonyl (C=O) groups is 1. The molecule has 0 fully saturated rings. The third kappa shape index (κ3) is 1.56. The Hall–Kier alpha value is -1.55. The first-order valence-electron chi connectivity index (χ1n) is 4.35. The molecular formula is C10H10O4. The Morgan fingerprint density at radius 1 is 1.50 bits per heavy atom. The van der Waals surface area contributed by atoms with Crippen LogP contribution in [0, 0.1) is 0 Å². The van der Waals surface area contributed by atoms with Gasteiger partial charge in [-0.25, -0.2) is 0 Å². The first-order chi connectivity index (χ1) is 6.81. The maximum absolute atomic E-state index is 11.2. The van der Waals surface area contributed by atoms with E-state index < -0.39 is 0 Å². The normalized spacial score (nSPS) is 13.6. The van der Waals surface area contributed by atoms with Crippen LogP contribution in [0.3, 0.4) is 0 Å². The topological polar surface area (TPSA) is 55.8 Å². The van der Waals surface area contributed by atoms with Gasteiger partial charge in [0.15, 0.2) is 6.61 Å². The molecule has 1 N–H and O–H groups in total.